The third kappa shape index (κ3) is 1.84. The number of rotatable bonds is 2. The van der Waals surface area contributed by atoms with Crippen LogP contribution >= 0.6 is 0 Å². The van der Waals surface area contributed by atoms with Crippen LogP contribution in [0.4, 0.5) is 0 Å². The fraction of sp³-hybridized carbons (Fsp3) is 0.909. The van der Waals surface area contributed by atoms with Gasteiger partial charge in [0.2, 0.25) is 0 Å². The van der Waals surface area contributed by atoms with Gasteiger partial charge in [-0.15, -0.1) is 0 Å². The molecule has 0 aromatic heterocycles. The zero-order chi connectivity index (χ0) is 10.2. The second-order valence-electron chi connectivity index (χ2n) is 5.17. The summed E-state index contributed by atoms with van der Waals surface area (Å²) in [4.78, 5) is 13.7. The van der Waals surface area contributed by atoms with Crippen LogP contribution in [0.3, 0.4) is 0 Å². The summed E-state index contributed by atoms with van der Waals surface area (Å²) in [6.45, 7) is 5.24. The van der Waals surface area contributed by atoms with Crippen molar-refractivity contribution in [3.05, 3.63) is 0 Å². The van der Waals surface area contributed by atoms with Crippen molar-refractivity contribution >= 4 is 5.78 Å². The highest BCUT2D eigenvalue weighted by molar-refractivity contribution is 5.81. The van der Waals surface area contributed by atoms with Crippen LogP contribution in [-0.2, 0) is 4.79 Å². The average Bonchev–Trinajstić information content (AvgIpc) is 2.73. The minimum Gasteiger partial charge on any atom is -0.330 e. The summed E-state index contributed by atoms with van der Waals surface area (Å²) in [6, 6.07) is 0.524. The number of hydrogen-bond acceptors (Lipinski definition) is 3. The summed E-state index contributed by atoms with van der Waals surface area (Å²) in [5.41, 5.74) is 6.06. The summed E-state index contributed by atoms with van der Waals surface area (Å²) in [6.07, 6.45) is 3.83. The molecule has 1 saturated carbocycles. The molecule has 2 unspecified atom stereocenters. The molecule has 0 spiro atoms. The molecule has 0 aromatic carbocycles. The van der Waals surface area contributed by atoms with Crippen LogP contribution in [-0.4, -0.2) is 36.4 Å². The van der Waals surface area contributed by atoms with E-state index in [4.69, 9.17) is 5.73 Å². The van der Waals surface area contributed by atoms with Crippen molar-refractivity contribution in [2.45, 2.75) is 38.6 Å². The van der Waals surface area contributed by atoms with Gasteiger partial charge >= 0.3 is 0 Å². The Kier molecular flexibility index (Phi) is 2.62. The van der Waals surface area contributed by atoms with Crippen LogP contribution in [0.25, 0.3) is 0 Å². The monoisotopic (exact) mass is 196 g/mol. The Hall–Kier alpha value is -0.410. The summed E-state index contributed by atoms with van der Waals surface area (Å²) in [7, 11) is 0. The molecule has 0 radical (unpaired) electrons. The topological polar surface area (TPSA) is 46.3 Å². The van der Waals surface area contributed by atoms with Crippen LogP contribution in [0.1, 0.15) is 32.6 Å². The van der Waals surface area contributed by atoms with Gasteiger partial charge in [0.1, 0.15) is 5.78 Å². The minimum atomic E-state index is 0.297. The van der Waals surface area contributed by atoms with E-state index < -0.39 is 0 Å². The molecule has 3 heteroatoms. The van der Waals surface area contributed by atoms with Crippen molar-refractivity contribution in [3.63, 3.8) is 0 Å². The molecule has 1 aliphatic heterocycles. The molecule has 2 fully saturated rings. The number of carbonyl (C=O) groups excluding carboxylic acids is 1. The molecule has 1 heterocycles. The Morgan fingerprint density at radius 1 is 1.64 bits per heavy atom. The van der Waals surface area contributed by atoms with Gasteiger partial charge in [0.05, 0.1) is 0 Å². The van der Waals surface area contributed by atoms with Crippen molar-refractivity contribution in [2.24, 2.45) is 11.1 Å². The first-order valence-electron chi connectivity index (χ1n) is 5.59. The average molecular weight is 196 g/mol. The van der Waals surface area contributed by atoms with E-state index in [2.05, 4.69) is 11.8 Å². The number of Topliss-reactive ketones (excluding diaryl/α,β-unsaturated/α-hetero) is 1. The fourth-order valence-electron chi connectivity index (χ4n) is 2.65. The Bertz CT molecular complexity index is 241. The molecule has 14 heavy (non-hydrogen) atoms. The van der Waals surface area contributed by atoms with Gasteiger partial charge in [-0.3, -0.25) is 9.69 Å². The predicted molar refractivity (Wildman–Crippen MR) is 56.0 cm³/mol. The minimum absolute atomic E-state index is 0.297. The second kappa shape index (κ2) is 3.63. The molecular formula is C11H20N2O. The highest BCUT2D eigenvalue weighted by atomic mass is 16.1. The molecule has 2 N–H and O–H groups in total. The van der Waals surface area contributed by atoms with Gasteiger partial charge in [-0.05, 0) is 31.3 Å². The maximum Gasteiger partial charge on any atom is 0.134 e. The number of nitrogens with two attached hydrogens (primary N) is 1. The smallest absolute Gasteiger partial charge is 0.134 e. The Morgan fingerprint density at radius 3 is 2.93 bits per heavy atom. The Labute approximate surface area is 85.6 Å². The molecule has 0 bridgehead atoms. The van der Waals surface area contributed by atoms with E-state index in [-0.39, 0.29) is 0 Å². The molecule has 2 atom stereocenters. The summed E-state index contributed by atoms with van der Waals surface area (Å²) in [5.74, 6) is 0.441. The molecule has 1 aliphatic carbocycles. The maximum absolute atomic E-state index is 11.2. The normalized spacial score (nSPS) is 39.6. The Morgan fingerprint density at radius 2 is 2.43 bits per heavy atom. The van der Waals surface area contributed by atoms with E-state index in [9.17, 15) is 4.79 Å². The van der Waals surface area contributed by atoms with Gasteiger partial charge in [0, 0.05) is 25.4 Å². The van der Waals surface area contributed by atoms with Crippen LogP contribution in [0, 0.1) is 5.41 Å². The van der Waals surface area contributed by atoms with E-state index in [1.807, 2.05) is 0 Å². The summed E-state index contributed by atoms with van der Waals surface area (Å²) < 4.78 is 0. The molecule has 80 valence electrons. The van der Waals surface area contributed by atoms with E-state index in [1.54, 1.807) is 0 Å². The number of ketones is 1. The lowest BCUT2D eigenvalue weighted by atomic mass is 9.90. The van der Waals surface area contributed by atoms with Crippen molar-refractivity contribution in [1.82, 2.24) is 4.90 Å². The first-order chi connectivity index (χ1) is 6.63. The number of likely N-dealkylation sites (tertiary alicyclic amines) is 1. The van der Waals surface area contributed by atoms with Crippen molar-refractivity contribution < 1.29 is 4.79 Å². The summed E-state index contributed by atoms with van der Waals surface area (Å²) >= 11 is 0. The fourth-order valence-corrected chi connectivity index (χ4v) is 2.65. The highest BCUT2D eigenvalue weighted by Crippen LogP contribution is 2.33. The van der Waals surface area contributed by atoms with Crippen molar-refractivity contribution in [1.29, 1.82) is 0 Å². The van der Waals surface area contributed by atoms with E-state index in [0.717, 1.165) is 38.9 Å². The van der Waals surface area contributed by atoms with Crippen molar-refractivity contribution in [2.75, 3.05) is 19.6 Å². The number of carbonyl (C=O) groups is 1. The van der Waals surface area contributed by atoms with E-state index in [0.29, 0.717) is 17.2 Å². The van der Waals surface area contributed by atoms with Gasteiger partial charge in [0.25, 0.3) is 0 Å². The first kappa shape index (κ1) is 10.1. The van der Waals surface area contributed by atoms with Gasteiger partial charge in [0.15, 0.2) is 0 Å². The predicted octanol–water partition coefficient (Wildman–Crippen LogP) is 0.779. The molecular weight excluding hydrogens is 176 g/mol. The summed E-state index contributed by atoms with van der Waals surface area (Å²) in [5, 5.41) is 0. The zero-order valence-electron chi connectivity index (χ0n) is 8.96. The third-order valence-corrected chi connectivity index (χ3v) is 3.82. The van der Waals surface area contributed by atoms with E-state index >= 15 is 0 Å². The van der Waals surface area contributed by atoms with E-state index in [1.165, 1.54) is 6.42 Å². The molecule has 0 aromatic rings. The molecule has 2 rings (SSSR count). The number of hydrogen-bond donors (Lipinski definition) is 1. The Balaban J connectivity index is 1.92. The SMILES string of the molecule is CC1(CN)CCN(C2CCC(=O)C2)C1. The third-order valence-electron chi connectivity index (χ3n) is 3.82. The largest absolute Gasteiger partial charge is 0.330 e. The first-order valence-corrected chi connectivity index (χ1v) is 5.59. The van der Waals surface area contributed by atoms with Gasteiger partial charge in [-0.25, -0.2) is 0 Å². The van der Waals surface area contributed by atoms with Crippen LogP contribution in [0.2, 0.25) is 0 Å². The van der Waals surface area contributed by atoms with Gasteiger partial charge in [-0.2, -0.15) is 0 Å². The van der Waals surface area contributed by atoms with Gasteiger partial charge in [-0.1, -0.05) is 6.92 Å². The van der Waals surface area contributed by atoms with Crippen molar-refractivity contribution in [3.8, 4) is 0 Å². The molecule has 1 saturated heterocycles. The lowest BCUT2D eigenvalue weighted by molar-refractivity contribution is -0.117. The quantitative estimate of drug-likeness (QED) is 0.710. The zero-order valence-corrected chi connectivity index (χ0v) is 8.96. The second-order valence-corrected chi connectivity index (χ2v) is 5.17. The van der Waals surface area contributed by atoms with Crippen LogP contribution < -0.4 is 5.73 Å². The lowest BCUT2D eigenvalue weighted by Gasteiger charge is -2.26. The molecule has 2 aliphatic rings. The molecule has 3 nitrogen and oxygen atoms in total. The lowest BCUT2D eigenvalue weighted by Crippen LogP contribution is -2.36. The standard InChI is InChI=1S/C11H20N2O/c1-11(7-12)4-5-13(8-11)9-2-3-10(14)6-9/h9H,2-8,12H2,1H3. The highest BCUT2D eigenvalue weighted by Gasteiger charge is 2.37. The number of nitrogens with zero attached hydrogens (tertiary/aromatic N) is 1. The van der Waals surface area contributed by atoms with Gasteiger partial charge < -0.3 is 5.73 Å². The molecule has 0 amide bonds. The van der Waals surface area contributed by atoms with Crippen LogP contribution in [0.5, 0.6) is 0 Å². The van der Waals surface area contributed by atoms with Crippen LogP contribution in [0.15, 0.2) is 0 Å². The maximum atomic E-state index is 11.2.